The molecule has 1 amide bonds. The third kappa shape index (κ3) is 2.88. The van der Waals surface area contributed by atoms with Gasteiger partial charge in [-0.05, 0) is 31.0 Å². The minimum absolute atomic E-state index is 0.0178. The van der Waals surface area contributed by atoms with Crippen LogP contribution in [0.15, 0.2) is 24.5 Å². The van der Waals surface area contributed by atoms with E-state index >= 15 is 0 Å². The second kappa shape index (κ2) is 5.77. The van der Waals surface area contributed by atoms with Gasteiger partial charge in [0.15, 0.2) is 0 Å². The summed E-state index contributed by atoms with van der Waals surface area (Å²) in [6, 6.07) is 5.17. The average molecular weight is 306 g/mol. The third-order valence-electron chi connectivity index (χ3n) is 3.78. The van der Waals surface area contributed by atoms with Crippen LogP contribution in [0.25, 0.3) is 0 Å². The Labute approximate surface area is 127 Å². The first kappa shape index (κ1) is 13.9. The van der Waals surface area contributed by atoms with Crippen molar-refractivity contribution in [1.82, 2.24) is 9.97 Å². The van der Waals surface area contributed by atoms with Crippen molar-refractivity contribution in [3.8, 4) is 5.75 Å². The summed E-state index contributed by atoms with van der Waals surface area (Å²) in [7, 11) is 1.57. The molecule has 1 atom stereocenters. The molecule has 6 heteroatoms. The maximum Gasteiger partial charge on any atom is 0.227 e. The molecule has 0 saturated carbocycles. The molecule has 0 aliphatic heterocycles. The van der Waals surface area contributed by atoms with E-state index in [4.69, 9.17) is 16.3 Å². The monoisotopic (exact) mass is 305 g/mol. The van der Waals surface area contributed by atoms with E-state index in [1.807, 2.05) is 0 Å². The van der Waals surface area contributed by atoms with E-state index in [2.05, 4.69) is 15.3 Å². The van der Waals surface area contributed by atoms with Crippen LogP contribution in [0.5, 0.6) is 5.75 Å². The van der Waals surface area contributed by atoms with Crippen LogP contribution < -0.4 is 10.1 Å². The lowest BCUT2D eigenvalue weighted by atomic mass is 9.89. The molecule has 5 nitrogen and oxygen atoms in total. The van der Waals surface area contributed by atoms with Crippen LogP contribution in [0.4, 0.5) is 5.69 Å². The van der Waals surface area contributed by atoms with Crippen LogP contribution in [0, 0.1) is 5.92 Å². The number of fused-ring (bicyclic) bond motifs is 1. The van der Waals surface area contributed by atoms with Gasteiger partial charge in [-0.25, -0.2) is 4.98 Å². The predicted molar refractivity (Wildman–Crippen MR) is 80.7 cm³/mol. The van der Waals surface area contributed by atoms with Gasteiger partial charge in [-0.15, -0.1) is 0 Å². The van der Waals surface area contributed by atoms with Crippen molar-refractivity contribution in [2.24, 2.45) is 5.92 Å². The van der Waals surface area contributed by atoms with Crippen LogP contribution in [-0.4, -0.2) is 23.0 Å². The van der Waals surface area contributed by atoms with E-state index in [9.17, 15) is 4.79 Å². The number of methoxy groups -OCH3 is 1. The number of ether oxygens (including phenoxy) is 1. The number of amides is 1. The van der Waals surface area contributed by atoms with Crippen molar-refractivity contribution >= 4 is 23.2 Å². The summed E-state index contributed by atoms with van der Waals surface area (Å²) in [5, 5.41) is 3.47. The first-order valence-corrected chi connectivity index (χ1v) is 7.20. The number of H-pyrrole nitrogens is 1. The summed E-state index contributed by atoms with van der Waals surface area (Å²) in [6.45, 7) is 0. The fraction of sp³-hybridized carbons (Fsp3) is 0.333. The number of rotatable bonds is 3. The van der Waals surface area contributed by atoms with Gasteiger partial charge in [-0.1, -0.05) is 11.6 Å². The van der Waals surface area contributed by atoms with Gasteiger partial charge in [0.25, 0.3) is 0 Å². The van der Waals surface area contributed by atoms with Gasteiger partial charge < -0.3 is 15.0 Å². The second-order valence-electron chi connectivity index (χ2n) is 5.10. The zero-order valence-electron chi connectivity index (χ0n) is 11.6. The van der Waals surface area contributed by atoms with Crippen molar-refractivity contribution in [2.75, 3.05) is 12.4 Å². The lowest BCUT2D eigenvalue weighted by molar-refractivity contribution is -0.120. The highest BCUT2D eigenvalue weighted by Gasteiger charge is 2.26. The van der Waals surface area contributed by atoms with E-state index in [0.717, 1.165) is 24.2 Å². The third-order valence-corrected chi connectivity index (χ3v) is 4.01. The summed E-state index contributed by atoms with van der Waals surface area (Å²) >= 11 is 5.98. The molecule has 1 aliphatic rings. The second-order valence-corrected chi connectivity index (χ2v) is 5.54. The number of halogens is 1. The average Bonchev–Trinajstić information content (AvgIpc) is 2.94. The van der Waals surface area contributed by atoms with Gasteiger partial charge in [0.1, 0.15) is 5.75 Å². The van der Waals surface area contributed by atoms with E-state index in [0.29, 0.717) is 22.9 Å². The predicted octanol–water partition coefficient (Wildman–Crippen LogP) is 2.82. The van der Waals surface area contributed by atoms with Gasteiger partial charge in [-0.3, -0.25) is 4.79 Å². The quantitative estimate of drug-likeness (QED) is 0.916. The van der Waals surface area contributed by atoms with E-state index in [1.54, 1.807) is 31.6 Å². The van der Waals surface area contributed by atoms with Gasteiger partial charge in [0.05, 0.1) is 24.8 Å². The number of carbonyl (C=O) groups excluding carboxylic acids is 1. The number of imidazole rings is 1. The molecular weight excluding hydrogens is 290 g/mol. The normalized spacial score (nSPS) is 17.1. The molecule has 0 spiro atoms. The Bertz CT molecular complexity index is 669. The van der Waals surface area contributed by atoms with Crippen molar-refractivity contribution in [1.29, 1.82) is 0 Å². The Morgan fingerprint density at radius 3 is 3.19 bits per heavy atom. The largest absolute Gasteiger partial charge is 0.495 e. The van der Waals surface area contributed by atoms with Gasteiger partial charge in [0, 0.05) is 23.1 Å². The number of aromatic nitrogens is 2. The number of hydrogen-bond donors (Lipinski definition) is 2. The van der Waals surface area contributed by atoms with Crippen LogP contribution >= 0.6 is 11.6 Å². The molecule has 1 aromatic heterocycles. The van der Waals surface area contributed by atoms with E-state index < -0.39 is 0 Å². The van der Waals surface area contributed by atoms with Crippen LogP contribution in [0.3, 0.4) is 0 Å². The Morgan fingerprint density at radius 2 is 2.38 bits per heavy atom. The Balaban J connectivity index is 1.74. The van der Waals surface area contributed by atoms with Crippen molar-refractivity contribution in [3.63, 3.8) is 0 Å². The molecule has 1 heterocycles. The van der Waals surface area contributed by atoms with Crippen molar-refractivity contribution in [3.05, 3.63) is 40.9 Å². The molecule has 110 valence electrons. The van der Waals surface area contributed by atoms with Gasteiger partial charge in [-0.2, -0.15) is 0 Å². The fourth-order valence-corrected chi connectivity index (χ4v) is 2.81. The minimum Gasteiger partial charge on any atom is -0.495 e. The molecule has 1 aliphatic carbocycles. The van der Waals surface area contributed by atoms with Gasteiger partial charge in [0.2, 0.25) is 5.91 Å². The molecule has 2 aromatic rings. The summed E-state index contributed by atoms with van der Waals surface area (Å²) in [4.78, 5) is 19.8. The molecular formula is C15H16ClN3O2. The molecule has 3 rings (SSSR count). The van der Waals surface area contributed by atoms with Crippen molar-refractivity contribution < 1.29 is 9.53 Å². The van der Waals surface area contributed by atoms with E-state index in [1.165, 1.54) is 0 Å². The maximum absolute atomic E-state index is 12.4. The zero-order valence-corrected chi connectivity index (χ0v) is 12.4. The summed E-state index contributed by atoms with van der Waals surface area (Å²) in [6.07, 6.45) is 3.99. The number of hydrogen-bond acceptors (Lipinski definition) is 3. The standard InChI is InChI=1S/C15H16ClN3O2/c1-21-14-5-3-10(16)7-13(14)19-15(20)9-2-4-11-12(6-9)18-8-17-11/h3,5,7-9H,2,4,6H2,1H3,(H,17,18)(H,19,20). The molecule has 1 unspecified atom stereocenters. The van der Waals surface area contributed by atoms with Crippen LogP contribution in [-0.2, 0) is 17.6 Å². The topological polar surface area (TPSA) is 67.0 Å². The van der Waals surface area contributed by atoms with Gasteiger partial charge >= 0.3 is 0 Å². The molecule has 0 fully saturated rings. The first-order valence-electron chi connectivity index (χ1n) is 6.83. The lowest BCUT2D eigenvalue weighted by Gasteiger charge is -2.21. The molecule has 21 heavy (non-hydrogen) atoms. The number of anilines is 1. The SMILES string of the molecule is COc1ccc(Cl)cc1NC(=O)C1CCc2nc[nH]c2C1. The number of nitrogens with zero attached hydrogens (tertiary/aromatic N) is 1. The van der Waals surface area contributed by atoms with E-state index in [-0.39, 0.29) is 11.8 Å². The number of aromatic amines is 1. The smallest absolute Gasteiger partial charge is 0.227 e. The van der Waals surface area contributed by atoms with Crippen molar-refractivity contribution in [2.45, 2.75) is 19.3 Å². The zero-order chi connectivity index (χ0) is 14.8. The molecule has 1 aromatic carbocycles. The molecule has 0 bridgehead atoms. The summed E-state index contributed by atoms with van der Waals surface area (Å²) in [5.74, 6) is 0.517. The van der Waals surface area contributed by atoms with Crippen LogP contribution in [0.2, 0.25) is 5.02 Å². The number of benzene rings is 1. The highest BCUT2D eigenvalue weighted by molar-refractivity contribution is 6.31. The highest BCUT2D eigenvalue weighted by Crippen LogP contribution is 2.30. The Hall–Kier alpha value is -2.01. The number of aryl methyl sites for hydroxylation is 1. The molecule has 0 radical (unpaired) electrons. The Kier molecular flexibility index (Phi) is 3.84. The maximum atomic E-state index is 12.4. The number of nitrogens with one attached hydrogen (secondary N) is 2. The molecule has 2 N–H and O–H groups in total. The Morgan fingerprint density at radius 1 is 1.52 bits per heavy atom. The fourth-order valence-electron chi connectivity index (χ4n) is 2.64. The summed E-state index contributed by atoms with van der Waals surface area (Å²) < 4.78 is 5.24. The minimum atomic E-state index is -0.0679. The number of carbonyl (C=O) groups is 1. The lowest BCUT2D eigenvalue weighted by Crippen LogP contribution is -2.28. The van der Waals surface area contributed by atoms with Crippen LogP contribution in [0.1, 0.15) is 17.8 Å². The highest BCUT2D eigenvalue weighted by atomic mass is 35.5. The molecule has 0 saturated heterocycles. The summed E-state index contributed by atoms with van der Waals surface area (Å²) in [5.41, 5.74) is 2.73. The first-order chi connectivity index (χ1) is 10.2.